The Hall–Kier alpha value is -2.39. The van der Waals surface area contributed by atoms with E-state index in [9.17, 15) is 4.79 Å². The largest absolute Gasteiger partial charge is 0.361 e. The normalized spacial score (nSPS) is 9.60. The van der Waals surface area contributed by atoms with Crippen molar-refractivity contribution in [2.45, 2.75) is 0 Å². The number of benzene rings is 1. The van der Waals surface area contributed by atoms with Crippen LogP contribution in [0.2, 0.25) is 0 Å². The van der Waals surface area contributed by atoms with Gasteiger partial charge < -0.3 is 10.6 Å². The molecular formula is C14H11BrN4O. The predicted octanol–water partition coefficient (Wildman–Crippen LogP) is 2.77. The number of halogens is 1. The first kappa shape index (κ1) is 14.0. The minimum absolute atomic E-state index is 0.106. The number of hydrogen-bond acceptors (Lipinski definition) is 4. The standard InChI is InChI=1S/C14H11BrN4O/c15-11-2-4-12(5-3-11)19-14(20)9-18-13-6-1-10(7-16)8-17-13/h1-6,8H,9H2,(H,17,18)(H,19,20). The molecule has 0 aliphatic heterocycles. The van der Waals surface area contributed by atoms with E-state index in [0.717, 1.165) is 10.2 Å². The number of rotatable bonds is 4. The van der Waals surface area contributed by atoms with Crippen molar-refractivity contribution in [3.05, 3.63) is 52.6 Å². The third-order valence-electron chi connectivity index (χ3n) is 2.45. The van der Waals surface area contributed by atoms with Gasteiger partial charge in [0, 0.05) is 16.4 Å². The number of nitrogens with one attached hydrogen (secondary N) is 2. The Kier molecular flexibility index (Phi) is 4.69. The highest BCUT2D eigenvalue weighted by Crippen LogP contribution is 2.14. The lowest BCUT2D eigenvalue weighted by atomic mass is 10.3. The molecule has 6 heteroatoms. The van der Waals surface area contributed by atoms with Gasteiger partial charge in [-0.15, -0.1) is 0 Å². The number of pyridine rings is 1. The predicted molar refractivity (Wildman–Crippen MR) is 80.2 cm³/mol. The van der Waals surface area contributed by atoms with Crippen LogP contribution in [0, 0.1) is 11.3 Å². The Morgan fingerprint density at radius 3 is 2.60 bits per heavy atom. The third kappa shape index (κ3) is 4.07. The van der Waals surface area contributed by atoms with Gasteiger partial charge in [0.1, 0.15) is 11.9 Å². The second kappa shape index (κ2) is 6.68. The molecule has 1 aromatic carbocycles. The maximum atomic E-state index is 11.7. The summed E-state index contributed by atoms with van der Waals surface area (Å²) in [4.78, 5) is 15.7. The summed E-state index contributed by atoms with van der Waals surface area (Å²) in [5.74, 6) is 0.383. The molecule has 2 rings (SSSR count). The number of anilines is 2. The number of nitrogens with zero attached hydrogens (tertiary/aromatic N) is 2. The highest BCUT2D eigenvalue weighted by Gasteiger charge is 2.03. The molecule has 2 N–H and O–H groups in total. The fraction of sp³-hybridized carbons (Fsp3) is 0.0714. The van der Waals surface area contributed by atoms with Crippen LogP contribution in [-0.4, -0.2) is 17.4 Å². The Balaban J connectivity index is 1.85. The first-order valence-corrected chi connectivity index (χ1v) is 6.62. The maximum absolute atomic E-state index is 11.7. The quantitative estimate of drug-likeness (QED) is 0.903. The number of amides is 1. The second-order valence-corrected chi connectivity index (χ2v) is 4.87. The van der Waals surface area contributed by atoms with Gasteiger partial charge in [0.05, 0.1) is 12.1 Å². The van der Waals surface area contributed by atoms with E-state index in [-0.39, 0.29) is 12.5 Å². The summed E-state index contributed by atoms with van der Waals surface area (Å²) in [5.41, 5.74) is 1.21. The number of nitriles is 1. The lowest BCUT2D eigenvalue weighted by molar-refractivity contribution is -0.114. The zero-order valence-electron chi connectivity index (χ0n) is 10.4. The summed E-state index contributed by atoms with van der Waals surface area (Å²) in [5, 5.41) is 14.3. The lowest BCUT2D eigenvalue weighted by Gasteiger charge is -2.07. The van der Waals surface area contributed by atoms with Crippen molar-refractivity contribution < 1.29 is 4.79 Å². The first-order valence-electron chi connectivity index (χ1n) is 5.83. The Morgan fingerprint density at radius 1 is 1.25 bits per heavy atom. The summed E-state index contributed by atoms with van der Waals surface area (Å²) in [6.45, 7) is 0.106. The van der Waals surface area contributed by atoms with Gasteiger partial charge in [0.2, 0.25) is 5.91 Å². The van der Waals surface area contributed by atoms with E-state index in [2.05, 4.69) is 31.5 Å². The van der Waals surface area contributed by atoms with Crippen LogP contribution < -0.4 is 10.6 Å². The topological polar surface area (TPSA) is 77.8 Å². The van der Waals surface area contributed by atoms with E-state index in [0.29, 0.717) is 11.4 Å². The summed E-state index contributed by atoms with van der Waals surface area (Å²) >= 11 is 3.33. The van der Waals surface area contributed by atoms with Crippen LogP contribution in [0.3, 0.4) is 0 Å². The monoisotopic (exact) mass is 330 g/mol. The molecule has 20 heavy (non-hydrogen) atoms. The zero-order valence-corrected chi connectivity index (χ0v) is 12.0. The molecular weight excluding hydrogens is 320 g/mol. The van der Waals surface area contributed by atoms with Crippen molar-refractivity contribution in [1.29, 1.82) is 5.26 Å². The van der Waals surface area contributed by atoms with E-state index in [4.69, 9.17) is 5.26 Å². The lowest BCUT2D eigenvalue weighted by Crippen LogP contribution is -2.22. The molecule has 1 heterocycles. The number of carbonyl (C=O) groups is 1. The van der Waals surface area contributed by atoms with Crippen molar-refractivity contribution in [3.63, 3.8) is 0 Å². The molecule has 0 aliphatic carbocycles. The van der Waals surface area contributed by atoms with Crippen LogP contribution in [0.4, 0.5) is 11.5 Å². The minimum Gasteiger partial charge on any atom is -0.361 e. The molecule has 1 aromatic heterocycles. The molecule has 0 bridgehead atoms. The molecule has 0 aliphatic rings. The molecule has 5 nitrogen and oxygen atoms in total. The Labute approximate surface area is 124 Å². The van der Waals surface area contributed by atoms with Crippen molar-refractivity contribution in [1.82, 2.24) is 4.98 Å². The van der Waals surface area contributed by atoms with Gasteiger partial charge in [0.15, 0.2) is 0 Å². The highest BCUT2D eigenvalue weighted by atomic mass is 79.9. The molecule has 0 saturated heterocycles. The summed E-state index contributed by atoms with van der Waals surface area (Å²) < 4.78 is 0.954. The van der Waals surface area contributed by atoms with Crippen molar-refractivity contribution in [3.8, 4) is 6.07 Å². The van der Waals surface area contributed by atoms with E-state index >= 15 is 0 Å². The van der Waals surface area contributed by atoms with E-state index in [1.54, 1.807) is 12.1 Å². The van der Waals surface area contributed by atoms with Gasteiger partial charge in [-0.2, -0.15) is 5.26 Å². The van der Waals surface area contributed by atoms with Gasteiger partial charge in [-0.3, -0.25) is 4.79 Å². The summed E-state index contributed by atoms with van der Waals surface area (Å²) in [7, 11) is 0. The summed E-state index contributed by atoms with van der Waals surface area (Å²) in [6, 6.07) is 12.6. The van der Waals surface area contributed by atoms with Crippen molar-refractivity contribution >= 4 is 33.3 Å². The molecule has 0 fully saturated rings. The number of carbonyl (C=O) groups excluding carboxylic acids is 1. The van der Waals surface area contributed by atoms with Crippen LogP contribution in [0.1, 0.15) is 5.56 Å². The van der Waals surface area contributed by atoms with Crippen LogP contribution in [0.25, 0.3) is 0 Å². The fourth-order valence-electron chi connectivity index (χ4n) is 1.47. The molecule has 0 radical (unpaired) electrons. The zero-order chi connectivity index (χ0) is 14.4. The Bertz CT molecular complexity index is 632. The summed E-state index contributed by atoms with van der Waals surface area (Å²) in [6.07, 6.45) is 1.45. The van der Waals surface area contributed by atoms with Gasteiger partial charge in [-0.1, -0.05) is 15.9 Å². The fourth-order valence-corrected chi connectivity index (χ4v) is 1.74. The van der Waals surface area contributed by atoms with Gasteiger partial charge in [-0.05, 0) is 36.4 Å². The van der Waals surface area contributed by atoms with Crippen LogP contribution in [0.15, 0.2) is 47.1 Å². The second-order valence-electron chi connectivity index (χ2n) is 3.95. The van der Waals surface area contributed by atoms with Gasteiger partial charge >= 0.3 is 0 Å². The number of hydrogen-bond donors (Lipinski definition) is 2. The molecule has 100 valence electrons. The molecule has 0 atom stereocenters. The van der Waals surface area contributed by atoms with E-state index in [1.165, 1.54) is 6.20 Å². The van der Waals surface area contributed by atoms with E-state index < -0.39 is 0 Å². The number of aromatic nitrogens is 1. The average molecular weight is 331 g/mol. The minimum atomic E-state index is -0.168. The third-order valence-corrected chi connectivity index (χ3v) is 2.98. The molecule has 1 amide bonds. The van der Waals surface area contributed by atoms with Crippen LogP contribution in [-0.2, 0) is 4.79 Å². The molecule has 2 aromatic rings. The average Bonchev–Trinajstić information content (AvgIpc) is 2.48. The molecule has 0 unspecified atom stereocenters. The SMILES string of the molecule is N#Cc1ccc(NCC(=O)Nc2ccc(Br)cc2)nc1. The highest BCUT2D eigenvalue weighted by molar-refractivity contribution is 9.10. The molecule has 0 saturated carbocycles. The maximum Gasteiger partial charge on any atom is 0.243 e. The van der Waals surface area contributed by atoms with Crippen LogP contribution in [0.5, 0.6) is 0 Å². The smallest absolute Gasteiger partial charge is 0.243 e. The first-order chi connectivity index (χ1) is 9.67. The van der Waals surface area contributed by atoms with E-state index in [1.807, 2.05) is 30.3 Å². The van der Waals surface area contributed by atoms with Crippen molar-refractivity contribution in [2.75, 3.05) is 17.2 Å². The van der Waals surface area contributed by atoms with Crippen LogP contribution >= 0.6 is 15.9 Å². The van der Waals surface area contributed by atoms with Gasteiger partial charge in [0.25, 0.3) is 0 Å². The Morgan fingerprint density at radius 2 is 2.00 bits per heavy atom. The molecule has 0 spiro atoms. The van der Waals surface area contributed by atoms with Gasteiger partial charge in [-0.25, -0.2) is 4.98 Å². The van der Waals surface area contributed by atoms with Crippen molar-refractivity contribution in [2.24, 2.45) is 0 Å².